The van der Waals surface area contributed by atoms with Crippen molar-refractivity contribution in [3.8, 4) is 6.07 Å². The van der Waals surface area contributed by atoms with Crippen LogP contribution in [-0.4, -0.2) is 18.1 Å². The van der Waals surface area contributed by atoms with Gasteiger partial charge in [0.15, 0.2) is 11.5 Å². The van der Waals surface area contributed by atoms with Crippen molar-refractivity contribution in [2.75, 3.05) is 11.9 Å². The van der Waals surface area contributed by atoms with Gasteiger partial charge >= 0.3 is 0 Å². The molecule has 104 valence electrons. The lowest BCUT2D eigenvalue weighted by Gasteiger charge is -2.34. The fraction of sp³-hybridized carbons (Fsp3) is 0.500. The lowest BCUT2D eigenvalue weighted by molar-refractivity contribution is 0.372. The molecule has 1 fully saturated rings. The van der Waals surface area contributed by atoms with Crippen LogP contribution < -0.4 is 4.90 Å². The van der Waals surface area contributed by atoms with Crippen molar-refractivity contribution in [2.24, 2.45) is 5.92 Å². The minimum atomic E-state index is 0.249. The molecule has 0 saturated heterocycles. The van der Waals surface area contributed by atoms with E-state index in [1.807, 2.05) is 13.0 Å². The zero-order valence-corrected chi connectivity index (χ0v) is 12.0. The Morgan fingerprint density at radius 1 is 1.30 bits per heavy atom. The summed E-state index contributed by atoms with van der Waals surface area (Å²) in [7, 11) is 2.13. The number of rotatable bonds is 2. The highest BCUT2D eigenvalue weighted by Gasteiger charge is 2.24. The average Bonchev–Trinajstić information content (AvgIpc) is 2.85. The quantitative estimate of drug-likeness (QED) is 0.835. The standard InChI is InChI=1S/C16H19N3O/c1-11-18-15-8-7-14(9-16(15)20-11)19(2)13-5-3-12(10-17)4-6-13/h7-9,12-13H,3-6H2,1-2H3. The first kappa shape index (κ1) is 13.0. The van der Waals surface area contributed by atoms with Crippen LogP contribution >= 0.6 is 0 Å². The van der Waals surface area contributed by atoms with Gasteiger partial charge in [0.2, 0.25) is 0 Å². The summed E-state index contributed by atoms with van der Waals surface area (Å²) in [5.41, 5.74) is 2.92. The van der Waals surface area contributed by atoms with Crippen LogP contribution in [-0.2, 0) is 0 Å². The molecule has 0 radical (unpaired) electrons. The van der Waals surface area contributed by atoms with Crippen molar-refractivity contribution >= 4 is 16.8 Å². The van der Waals surface area contributed by atoms with E-state index in [2.05, 4.69) is 35.1 Å². The highest BCUT2D eigenvalue weighted by molar-refractivity contribution is 5.77. The number of hydrogen-bond acceptors (Lipinski definition) is 4. The zero-order valence-electron chi connectivity index (χ0n) is 12.0. The van der Waals surface area contributed by atoms with Gasteiger partial charge in [-0.1, -0.05) is 0 Å². The first-order valence-corrected chi connectivity index (χ1v) is 7.17. The van der Waals surface area contributed by atoms with E-state index in [4.69, 9.17) is 9.68 Å². The Morgan fingerprint density at radius 3 is 2.75 bits per heavy atom. The number of benzene rings is 1. The molecule has 1 heterocycles. The Bertz CT molecular complexity index is 647. The van der Waals surface area contributed by atoms with Gasteiger partial charge in [0.1, 0.15) is 5.52 Å². The predicted octanol–water partition coefficient (Wildman–Crippen LogP) is 3.65. The minimum absolute atomic E-state index is 0.249. The highest BCUT2D eigenvalue weighted by atomic mass is 16.3. The number of oxazole rings is 1. The van der Waals surface area contributed by atoms with Crippen molar-refractivity contribution in [3.63, 3.8) is 0 Å². The monoisotopic (exact) mass is 269 g/mol. The molecule has 0 atom stereocenters. The Morgan fingerprint density at radius 2 is 2.05 bits per heavy atom. The molecule has 1 aliphatic rings. The van der Waals surface area contributed by atoms with Crippen LogP contribution in [0.15, 0.2) is 22.6 Å². The molecule has 0 bridgehead atoms. The molecule has 0 aliphatic heterocycles. The molecule has 1 aromatic carbocycles. The van der Waals surface area contributed by atoms with E-state index in [0.29, 0.717) is 11.9 Å². The summed E-state index contributed by atoms with van der Waals surface area (Å²) < 4.78 is 5.60. The smallest absolute Gasteiger partial charge is 0.192 e. The summed E-state index contributed by atoms with van der Waals surface area (Å²) in [6, 6.07) is 9.07. The van der Waals surface area contributed by atoms with E-state index in [-0.39, 0.29) is 5.92 Å². The summed E-state index contributed by atoms with van der Waals surface area (Å²) in [5, 5.41) is 8.97. The molecular weight excluding hydrogens is 250 g/mol. The van der Waals surface area contributed by atoms with Crippen LogP contribution in [0.25, 0.3) is 11.1 Å². The van der Waals surface area contributed by atoms with Crippen molar-refractivity contribution in [2.45, 2.75) is 38.6 Å². The van der Waals surface area contributed by atoms with Gasteiger partial charge in [0, 0.05) is 37.7 Å². The maximum Gasteiger partial charge on any atom is 0.192 e. The SMILES string of the molecule is Cc1nc2ccc(N(C)C3CCC(C#N)CC3)cc2o1. The summed E-state index contributed by atoms with van der Waals surface area (Å²) in [6.07, 6.45) is 4.19. The molecule has 0 amide bonds. The molecule has 4 heteroatoms. The van der Waals surface area contributed by atoms with E-state index >= 15 is 0 Å². The first-order chi connectivity index (χ1) is 9.67. The number of aromatic nitrogens is 1. The van der Waals surface area contributed by atoms with Gasteiger partial charge in [-0.15, -0.1) is 0 Å². The average molecular weight is 269 g/mol. The molecule has 1 aliphatic carbocycles. The second-order valence-electron chi connectivity index (χ2n) is 5.63. The number of fused-ring (bicyclic) bond motifs is 1. The lowest BCUT2D eigenvalue weighted by Crippen LogP contribution is -2.34. The summed E-state index contributed by atoms with van der Waals surface area (Å²) in [6.45, 7) is 1.87. The van der Waals surface area contributed by atoms with E-state index in [1.165, 1.54) is 0 Å². The van der Waals surface area contributed by atoms with Crippen LogP contribution in [0.5, 0.6) is 0 Å². The zero-order chi connectivity index (χ0) is 14.1. The third-order valence-corrected chi connectivity index (χ3v) is 4.31. The van der Waals surface area contributed by atoms with Crippen LogP contribution in [0.2, 0.25) is 0 Å². The Hall–Kier alpha value is -2.02. The second-order valence-corrected chi connectivity index (χ2v) is 5.63. The van der Waals surface area contributed by atoms with Gasteiger partial charge in [-0.2, -0.15) is 5.26 Å². The largest absolute Gasteiger partial charge is 0.441 e. The summed E-state index contributed by atoms with van der Waals surface area (Å²) in [4.78, 5) is 6.64. The minimum Gasteiger partial charge on any atom is -0.441 e. The topological polar surface area (TPSA) is 53.1 Å². The Balaban J connectivity index is 1.78. The van der Waals surface area contributed by atoms with Crippen molar-refractivity contribution in [1.82, 2.24) is 4.98 Å². The van der Waals surface area contributed by atoms with Gasteiger partial charge in [0.25, 0.3) is 0 Å². The molecule has 0 spiro atoms. The number of anilines is 1. The van der Waals surface area contributed by atoms with Gasteiger partial charge in [-0.3, -0.25) is 0 Å². The van der Waals surface area contributed by atoms with E-state index < -0.39 is 0 Å². The predicted molar refractivity (Wildman–Crippen MR) is 78.5 cm³/mol. The number of nitrogens with zero attached hydrogens (tertiary/aromatic N) is 3. The Kier molecular flexibility index (Phi) is 3.35. The van der Waals surface area contributed by atoms with Gasteiger partial charge in [-0.25, -0.2) is 4.98 Å². The van der Waals surface area contributed by atoms with Gasteiger partial charge in [-0.05, 0) is 37.8 Å². The van der Waals surface area contributed by atoms with Crippen LogP contribution in [0, 0.1) is 24.2 Å². The van der Waals surface area contributed by atoms with Gasteiger partial charge < -0.3 is 9.32 Å². The van der Waals surface area contributed by atoms with Crippen molar-refractivity contribution in [3.05, 3.63) is 24.1 Å². The molecular formula is C16H19N3O. The normalized spacial score (nSPS) is 22.6. The van der Waals surface area contributed by atoms with Crippen molar-refractivity contribution < 1.29 is 4.42 Å². The third-order valence-electron chi connectivity index (χ3n) is 4.31. The molecule has 1 aromatic heterocycles. The molecule has 4 nitrogen and oxygen atoms in total. The molecule has 20 heavy (non-hydrogen) atoms. The van der Waals surface area contributed by atoms with E-state index in [1.54, 1.807) is 0 Å². The molecule has 2 aromatic rings. The van der Waals surface area contributed by atoms with Crippen LogP contribution in [0.4, 0.5) is 5.69 Å². The summed E-state index contributed by atoms with van der Waals surface area (Å²) >= 11 is 0. The lowest BCUT2D eigenvalue weighted by atomic mass is 9.86. The van der Waals surface area contributed by atoms with Gasteiger partial charge in [0.05, 0.1) is 6.07 Å². The second kappa shape index (κ2) is 5.16. The molecule has 0 unspecified atom stereocenters. The fourth-order valence-electron chi connectivity index (χ4n) is 3.05. The maximum absolute atomic E-state index is 8.97. The molecule has 3 rings (SSSR count). The van der Waals surface area contributed by atoms with Crippen LogP contribution in [0.3, 0.4) is 0 Å². The Labute approximate surface area is 119 Å². The van der Waals surface area contributed by atoms with Crippen molar-refractivity contribution in [1.29, 1.82) is 5.26 Å². The van der Waals surface area contributed by atoms with E-state index in [0.717, 1.165) is 42.5 Å². The van der Waals surface area contributed by atoms with Crippen LogP contribution in [0.1, 0.15) is 31.6 Å². The fourth-order valence-corrected chi connectivity index (χ4v) is 3.05. The number of hydrogen-bond donors (Lipinski definition) is 0. The number of nitriles is 1. The molecule has 0 N–H and O–H groups in total. The molecule has 1 saturated carbocycles. The highest BCUT2D eigenvalue weighted by Crippen LogP contribution is 2.30. The summed E-state index contributed by atoms with van der Waals surface area (Å²) in [5.74, 6) is 0.952. The third kappa shape index (κ3) is 2.36. The number of aryl methyl sites for hydroxylation is 1. The van der Waals surface area contributed by atoms with E-state index in [9.17, 15) is 0 Å². The first-order valence-electron chi connectivity index (χ1n) is 7.17. The maximum atomic E-state index is 8.97.